The summed E-state index contributed by atoms with van der Waals surface area (Å²) in [6.45, 7) is 11.3. The summed E-state index contributed by atoms with van der Waals surface area (Å²) in [4.78, 5) is 0. The van der Waals surface area contributed by atoms with E-state index in [9.17, 15) is 8.78 Å². The predicted molar refractivity (Wildman–Crippen MR) is 63.1 cm³/mol. The minimum absolute atomic E-state index is 0.0885. The third-order valence-corrected chi connectivity index (χ3v) is 1.43. The first-order chi connectivity index (χ1) is 7.02. The van der Waals surface area contributed by atoms with E-state index in [0.717, 1.165) is 0 Å². The van der Waals surface area contributed by atoms with Gasteiger partial charge in [-0.15, -0.1) is 0 Å². The van der Waals surface area contributed by atoms with Gasteiger partial charge >= 0.3 is 0 Å². The van der Waals surface area contributed by atoms with Gasteiger partial charge in [-0.05, 0) is 31.5 Å². The summed E-state index contributed by atoms with van der Waals surface area (Å²) < 4.78 is 25.2. The second-order valence-electron chi connectivity index (χ2n) is 3.06. The van der Waals surface area contributed by atoms with Crippen LogP contribution in [0.2, 0.25) is 0 Å². The maximum absolute atomic E-state index is 12.6. The average molecular weight is 216 g/mol. The summed E-state index contributed by atoms with van der Waals surface area (Å²) in [6, 6.07) is 2.64. The van der Waals surface area contributed by atoms with E-state index >= 15 is 0 Å². The van der Waals surface area contributed by atoms with Gasteiger partial charge in [-0.3, -0.25) is 0 Å². The van der Waals surface area contributed by atoms with Gasteiger partial charge in [-0.25, -0.2) is 8.78 Å². The van der Waals surface area contributed by atoms with Crippen LogP contribution >= 0.6 is 0 Å². The highest BCUT2D eigenvalue weighted by molar-refractivity contribution is 5.23. The van der Waals surface area contributed by atoms with E-state index in [4.69, 9.17) is 0 Å². The van der Waals surface area contributed by atoms with Crippen molar-refractivity contribution in [3.8, 4) is 0 Å². The lowest BCUT2D eigenvalue weighted by Gasteiger charge is -1.98. The molecule has 15 heavy (non-hydrogen) atoms. The molecule has 0 aliphatic rings. The van der Waals surface area contributed by atoms with Gasteiger partial charge in [0, 0.05) is 5.56 Å². The van der Waals surface area contributed by atoms with Crippen LogP contribution in [0.3, 0.4) is 0 Å². The maximum atomic E-state index is 12.6. The average Bonchev–Trinajstić information content (AvgIpc) is 2.18. The van der Waals surface area contributed by atoms with Crippen LogP contribution in [0.5, 0.6) is 0 Å². The number of hydrogen-bond acceptors (Lipinski definition) is 0. The molecule has 0 aromatic heterocycles. The molecule has 0 N–H and O–H groups in total. The van der Waals surface area contributed by atoms with Crippen LogP contribution in [0.15, 0.2) is 12.1 Å². The topological polar surface area (TPSA) is 0 Å². The highest BCUT2D eigenvalue weighted by Crippen LogP contribution is 2.12. The van der Waals surface area contributed by atoms with Gasteiger partial charge in [0.2, 0.25) is 0 Å². The zero-order chi connectivity index (χ0) is 12.4. The molecule has 0 saturated carbocycles. The summed E-state index contributed by atoms with van der Waals surface area (Å²) in [7, 11) is 0. The Bertz CT molecular complexity index is 244. The van der Waals surface area contributed by atoms with E-state index in [2.05, 4.69) is 13.8 Å². The van der Waals surface area contributed by atoms with Crippen molar-refractivity contribution < 1.29 is 8.78 Å². The van der Waals surface area contributed by atoms with Crippen molar-refractivity contribution in [2.45, 2.75) is 48.0 Å². The smallest absolute Gasteiger partial charge is 0.129 e. The van der Waals surface area contributed by atoms with Gasteiger partial charge in [0.25, 0.3) is 0 Å². The molecule has 0 atom stereocenters. The summed E-state index contributed by atoms with van der Waals surface area (Å²) in [6.07, 6.45) is 1.25. The first-order valence-electron chi connectivity index (χ1n) is 5.45. The zero-order valence-corrected chi connectivity index (χ0v) is 10.6. The van der Waals surface area contributed by atoms with Crippen LogP contribution in [-0.4, -0.2) is 0 Å². The summed E-state index contributed by atoms with van der Waals surface area (Å²) in [5.41, 5.74) is 0.700. The van der Waals surface area contributed by atoms with Gasteiger partial charge in [0.1, 0.15) is 11.6 Å². The molecule has 1 aromatic rings. The SMILES string of the molecule is CC.CCC.Cc1cc(F)c(C)c(F)c1. The standard InChI is InChI=1S/C8H8F2.C3H8.C2H6/c1-5-3-7(9)6(2)8(10)4-5;1-3-2;1-2/h3-4H,1-2H3;3H2,1-2H3;1-2H3. The van der Waals surface area contributed by atoms with E-state index in [1.54, 1.807) is 6.92 Å². The molecule has 88 valence electrons. The molecule has 0 amide bonds. The van der Waals surface area contributed by atoms with Gasteiger partial charge in [0.05, 0.1) is 0 Å². The minimum atomic E-state index is -0.475. The van der Waals surface area contributed by atoms with Crippen molar-refractivity contribution >= 4 is 0 Å². The van der Waals surface area contributed by atoms with E-state index in [1.807, 2.05) is 13.8 Å². The Balaban J connectivity index is 0. The molecule has 0 aliphatic heterocycles. The molecule has 0 saturated heterocycles. The lowest BCUT2D eigenvalue weighted by Crippen LogP contribution is -1.88. The minimum Gasteiger partial charge on any atom is -0.207 e. The Morgan fingerprint density at radius 2 is 1.20 bits per heavy atom. The molecule has 0 radical (unpaired) electrons. The fraction of sp³-hybridized carbons (Fsp3) is 0.538. The zero-order valence-electron chi connectivity index (χ0n) is 10.6. The van der Waals surface area contributed by atoms with Gasteiger partial charge < -0.3 is 0 Å². The Morgan fingerprint density at radius 3 is 1.47 bits per heavy atom. The van der Waals surface area contributed by atoms with Crippen LogP contribution in [0.1, 0.15) is 45.2 Å². The summed E-state index contributed by atoms with van der Waals surface area (Å²) in [5.74, 6) is -0.949. The van der Waals surface area contributed by atoms with Crippen LogP contribution in [0.25, 0.3) is 0 Å². The largest absolute Gasteiger partial charge is 0.207 e. The van der Waals surface area contributed by atoms with Crippen LogP contribution in [0.4, 0.5) is 8.78 Å². The van der Waals surface area contributed by atoms with Crippen molar-refractivity contribution in [1.29, 1.82) is 0 Å². The molecule has 0 unspecified atom stereocenters. The fourth-order valence-electron chi connectivity index (χ4n) is 0.772. The lowest BCUT2D eigenvalue weighted by atomic mass is 10.1. The number of halogens is 2. The molecule has 1 rings (SSSR count). The number of hydrogen-bond donors (Lipinski definition) is 0. The molecule has 0 heterocycles. The second kappa shape index (κ2) is 9.63. The quantitative estimate of drug-likeness (QED) is 0.571. The predicted octanol–water partition coefficient (Wildman–Crippen LogP) is 5.02. The number of benzene rings is 1. The molecule has 0 aliphatic carbocycles. The monoisotopic (exact) mass is 216 g/mol. The first-order valence-corrected chi connectivity index (χ1v) is 5.45. The van der Waals surface area contributed by atoms with Crippen molar-refractivity contribution in [2.75, 3.05) is 0 Å². The lowest BCUT2D eigenvalue weighted by molar-refractivity contribution is 0.566. The van der Waals surface area contributed by atoms with Crippen molar-refractivity contribution in [3.05, 3.63) is 34.9 Å². The molecule has 0 nitrogen and oxygen atoms in total. The van der Waals surface area contributed by atoms with Crippen LogP contribution in [-0.2, 0) is 0 Å². The normalized spacial score (nSPS) is 8.27. The highest BCUT2D eigenvalue weighted by Gasteiger charge is 2.02. The molecule has 0 fully saturated rings. The van der Waals surface area contributed by atoms with E-state index in [1.165, 1.54) is 25.5 Å². The molecular weight excluding hydrogens is 194 g/mol. The molecule has 2 heteroatoms. The summed E-state index contributed by atoms with van der Waals surface area (Å²) in [5, 5.41) is 0. The van der Waals surface area contributed by atoms with Gasteiger partial charge in [0.15, 0.2) is 0 Å². The van der Waals surface area contributed by atoms with Crippen molar-refractivity contribution in [3.63, 3.8) is 0 Å². The highest BCUT2D eigenvalue weighted by atomic mass is 19.1. The third kappa shape index (κ3) is 7.06. The Labute approximate surface area is 92.3 Å². The first kappa shape index (κ1) is 16.5. The summed E-state index contributed by atoms with van der Waals surface area (Å²) >= 11 is 0. The van der Waals surface area contributed by atoms with Gasteiger partial charge in [-0.1, -0.05) is 34.1 Å². The van der Waals surface area contributed by atoms with E-state index in [0.29, 0.717) is 5.56 Å². The van der Waals surface area contributed by atoms with E-state index in [-0.39, 0.29) is 5.56 Å². The van der Waals surface area contributed by atoms with Crippen molar-refractivity contribution in [2.24, 2.45) is 0 Å². The Hall–Kier alpha value is -0.920. The fourth-order valence-corrected chi connectivity index (χ4v) is 0.772. The van der Waals surface area contributed by atoms with E-state index < -0.39 is 11.6 Å². The Morgan fingerprint density at radius 1 is 0.933 bits per heavy atom. The second-order valence-corrected chi connectivity index (χ2v) is 3.06. The third-order valence-electron chi connectivity index (χ3n) is 1.43. The van der Waals surface area contributed by atoms with Crippen LogP contribution in [0, 0.1) is 25.5 Å². The van der Waals surface area contributed by atoms with Crippen LogP contribution < -0.4 is 0 Å². The van der Waals surface area contributed by atoms with Gasteiger partial charge in [-0.2, -0.15) is 0 Å². The number of aryl methyl sites for hydroxylation is 1. The molecule has 0 bridgehead atoms. The molecule has 0 spiro atoms. The Kier molecular flexibility index (Phi) is 10.6. The van der Waals surface area contributed by atoms with Crippen molar-refractivity contribution in [1.82, 2.24) is 0 Å². The maximum Gasteiger partial charge on any atom is 0.129 e. The molecule has 1 aromatic carbocycles. The molecular formula is C13H22F2. The number of rotatable bonds is 0.